The fraction of sp³-hybridized carbons (Fsp3) is 0.364. The van der Waals surface area contributed by atoms with Crippen molar-refractivity contribution in [1.29, 1.82) is 0 Å². The van der Waals surface area contributed by atoms with Gasteiger partial charge in [-0.3, -0.25) is 9.59 Å². The summed E-state index contributed by atoms with van der Waals surface area (Å²) in [6.07, 6.45) is 0. The van der Waals surface area contributed by atoms with E-state index in [0.717, 1.165) is 33.6 Å². The van der Waals surface area contributed by atoms with Crippen LogP contribution in [0.15, 0.2) is 30.3 Å². The van der Waals surface area contributed by atoms with Gasteiger partial charge in [-0.2, -0.15) is 0 Å². The Bertz CT molecular complexity index is 844. The lowest BCUT2D eigenvalue weighted by molar-refractivity contribution is -0.123. The van der Waals surface area contributed by atoms with E-state index in [-0.39, 0.29) is 18.4 Å². The third-order valence-corrected chi connectivity index (χ3v) is 4.72. The molecule has 0 unspecified atom stereocenters. The number of ether oxygens (including phenoxy) is 1. The van der Waals surface area contributed by atoms with Crippen molar-refractivity contribution in [1.82, 2.24) is 10.6 Å². The molecule has 0 aliphatic rings. The van der Waals surface area contributed by atoms with Crippen molar-refractivity contribution >= 4 is 11.8 Å². The number of hydrogen-bond acceptors (Lipinski definition) is 3. The van der Waals surface area contributed by atoms with Gasteiger partial charge < -0.3 is 15.4 Å². The highest BCUT2D eigenvalue weighted by atomic mass is 16.5. The second-order valence-electron chi connectivity index (χ2n) is 6.85. The first kappa shape index (κ1) is 20.5. The zero-order valence-electron chi connectivity index (χ0n) is 16.7. The van der Waals surface area contributed by atoms with Gasteiger partial charge in [-0.05, 0) is 74.6 Å². The summed E-state index contributed by atoms with van der Waals surface area (Å²) in [4.78, 5) is 24.1. The quantitative estimate of drug-likeness (QED) is 0.738. The highest BCUT2D eigenvalue weighted by Crippen LogP contribution is 2.25. The van der Waals surface area contributed by atoms with E-state index in [2.05, 4.69) is 10.6 Å². The number of hydrogen-bond donors (Lipinski definition) is 2. The SMILES string of the molecule is Cc1ccc(C(=O)NCCNC(=O)COc2c(C)ccc(C)c2C)cc1C. The van der Waals surface area contributed by atoms with Crippen molar-refractivity contribution in [3.63, 3.8) is 0 Å². The van der Waals surface area contributed by atoms with Gasteiger partial charge in [0.2, 0.25) is 0 Å². The summed E-state index contributed by atoms with van der Waals surface area (Å²) in [6, 6.07) is 9.62. The fourth-order valence-electron chi connectivity index (χ4n) is 2.70. The number of rotatable bonds is 7. The Morgan fingerprint density at radius 3 is 2.15 bits per heavy atom. The summed E-state index contributed by atoms with van der Waals surface area (Å²) in [5.41, 5.74) is 6.03. The zero-order valence-corrected chi connectivity index (χ0v) is 16.7. The maximum Gasteiger partial charge on any atom is 0.258 e. The molecular weight excluding hydrogens is 340 g/mol. The summed E-state index contributed by atoms with van der Waals surface area (Å²) in [5.74, 6) is 0.401. The van der Waals surface area contributed by atoms with Crippen LogP contribution in [0.2, 0.25) is 0 Å². The van der Waals surface area contributed by atoms with Gasteiger partial charge in [0.15, 0.2) is 6.61 Å². The number of aryl methyl sites for hydroxylation is 4. The van der Waals surface area contributed by atoms with Gasteiger partial charge >= 0.3 is 0 Å². The van der Waals surface area contributed by atoms with Gasteiger partial charge in [0.05, 0.1) is 0 Å². The first-order valence-electron chi connectivity index (χ1n) is 9.11. The van der Waals surface area contributed by atoms with E-state index in [1.165, 1.54) is 0 Å². The predicted molar refractivity (Wildman–Crippen MR) is 107 cm³/mol. The molecule has 2 amide bonds. The van der Waals surface area contributed by atoms with E-state index in [1.807, 2.05) is 58.9 Å². The van der Waals surface area contributed by atoms with Crippen molar-refractivity contribution in [3.8, 4) is 5.75 Å². The van der Waals surface area contributed by atoms with Crippen molar-refractivity contribution < 1.29 is 14.3 Å². The molecule has 0 spiro atoms. The van der Waals surface area contributed by atoms with Crippen LogP contribution >= 0.6 is 0 Å². The van der Waals surface area contributed by atoms with Crippen molar-refractivity contribution in [2.24, 2.45) is 0 Å². The smallest absolute Gasteiger partial charge is 0.258 e. The average Bonchev–Trinajstić information content (AvgIpc) is 2.64. The maximum atomic E-state index is 12.1. The first-order valence-corrected chi connectivity index (χ1v) is 9.11. The normalized spacial score (nSPS) is 10.4. The molecule has 0 aliphatic heterocycles. The minimum atomic E-state index is -0.212. The summed E-state index contributed by atoms with van der Waals surface area (Å²) < 4.78 is 5.68. The lowest BCUT2D eigenvalue weighted by atomic mass is 10.1. The molecule has 2 aromatic carbocycles. The highest BCUT2D eigenvalue weighted by Gasteiger charge is 2.10. The third kappa shape index (κ3) is 5.58. The third-order valence-electron chi connectivity index (χ3n) is 4.72. The second kappa shape index (κ2) is 9.21. The summed E-state index contributed by atoms with van der Waals surface area (Å²) in [7, 11) is 0. The van der Waals surface area contributed by atoms with Crippen LogP contribution in [-0.4, -0.2) is 31.5 Å². The minimum Gasteiger partial charge on any atom is -0.483 e. The predicted octanol–water partition coefficient (Wildman–Crippen LogP) is 3.15. The lowest BCUT2D eigenvalue weighted by Gasteiger charge is -2.14. The van der Waals surface area contributed by atoms with Crippen molar-refractivity contribution in [3.05, 3.63) is 63.7 Å². The Kier molecular flexibility index (Phi) is 6.99. The zero-order chi connectivity index (χ0) is 20.0. The van der Waals surface area contributed by atoms with Crippen LogP contribution < -0.4 is 15.4 Å². The maximum absolute atomic E-state index is 12.1. The van der Waals surface area contributed by atoms with E-state index in [0.29, 0.717) is 18.7 Å². The first-order chi connectivity index (χ1) is 12.8. The largest absolute Gasteiger partial charge is 0.483 e. The number of amides is 2. The molecule has 0 fully saturated rings. The summed E-state index contributed by atoms with van der Waals surface area (Å²) in [6.45, 7) is 10.6. The minimum absolute atomic E-state index is 0.0454. The molecule has 2 rings (SSSR count). The van der Waals surface area contributed by atoms with E-state index >= 15 is 0 Å². The average molecular weight is 368 g/mol. The molecule has 5 heteroatoms. The van der Waals surface area contributed by atoms with Crippen LogP contribution in [0.4, 0.5) is 0 Å². The van der Waals surface area contributed by atoms with Gasteiger partial charge in [-0.15, -0.1) is 0 Å². The molecule has 0 atom stereocenters. The van der Waals surface area contributed by atoms with Gasteiger partial charge in [0.1, 0.15) is 5.75 Å². The fourth-order valence-corrected chi connectivity index (χ4v) is 2.70. The van der Waals surface area contributed by atoms with Crippen LogP contribution in [0.25, 0.3) is 0 Å². The Hall–Kier alpha value is -2.82. The van der Waals surface area contributed by atoms with E-state index < -0.39 is 0 Å². The van der Waals surface area contributed by atoms with Gasteiger partial charge in [-0.1, -0.05) is 18.2 Å². The molecule has 27 heavy (non-hydrogen) atoms. The number of carbonyl (C=O) groups excluding carboxylic acids is 2. The Morgan fingerprint density at radius 2 is 1.44 bits per heavy atom. The Balaban J connectivity index is 1.74. The van der Waals surface area contributed by atoms with Crippen LogP contribution in [0.5, 0.6) is 5.75 Å². The summed E-state index contributed by atoms with van der Waals surface area (Å²) in [5, 5.41) is 5.56. The lowest BCUT2D eigenvalue weighted by Crippen LogP contribution is -2.36. The molecule has 2 N–H and O–H groups in total. The number of carbonyl (C=O) groups is 2. The van der Waals surface area contributed by atoms with Crippen LogP contribution in [0.1, 0.15) is 38.2 Å². The van der Waals surface area contributed by atoms with E-state index in [1.54, 1.807) is 6.07 Å². The molecule has 0 bridgehead atoms. The number of nitrogens with one attached hydrogen (secondary N) is 2. The second-order valence-corrected chi connectivity index (χ2v) is 6.85. The monoisotopic (exact) mass is 368 g/mol. The van der Waals surface area contributed by atoms with Crippen LogP contribution in [-0.2, 0) is 4.79 Å². The van der Waals surface area contributed by atoms with Crippen molar-refractivity contribution in [2.75, 3.05) is 19.7 Å². The van der Waals surface area contributed by atoms with Crippen LogP contribution in [0, 0.1) is 34.6 Å². The standard InChI is InChI=1S/C22H28N2O3/c1-14-8-9-19(12-17(14)4)22(26)24-11-10-23-20(25)13-27-21-16(3)7-6-15(2)18(21)5/h6-9,12H,10-11,13H2,1-5H3,(H,23,25)(H,24,26). The Labute approximate surface area is 161 Å². The van der Waals surface area contributed by atoms with E-state index in [4.69, 9.17) is 4.74 Å². The van der Waals surface area contributed by atoms with Gasteiger partial charge in [0, 0.05) is 18.7 Å². The molecule has 0 radical (unpaired) electrons. The highest BCUT2D eigenvalue weighted by molar-refractivity contribution is 5.94. The molecule has 0 saturated heterocycles. The molecule has 0 aromatic heterocycles. The molecule has 5 nitrogen and oxygen atoms in total. The molecule has 0 heterocycles. The Morgan fingerprint density at radius 1 is 0.815 bits per heavy atom. The molecule has 0 aliphatic carbocycles. The van der Waals surface area contributed by atoms with Crippen molar-refractivity contribution in [2.45, 2.75) is 34.6 Å². The van der Waals surface area contributed by atoms with E-state index in [9.17, 15) is 9.59 Å². The summed E-state index contributed by atoms with van der Waals surface area (Å²) >= 11 is 0. The molecular formula is C22H28N2O3. The topological polar surface area (TPSA) is 67.4 Å². The van der Waals surface area contributed by atoms with Gasteiger partial charge in [-0.25, -0.2) is 0 Å². The molecule has 0 saturated carbocycles. The number of benzene rings is 2. The van der Waals surface area contributed by atoms with Gasteiger partial charge in [0.25, 0.3) is 11.8 Å². The molecule has 2 aromatic rings. The molecule has 144 valence electrons. The van der Waals surface area contributed by atoms with Crippen LogP contribution in [0.3, 0.4) is 0 Å².